The molecule has 6 nitrogen and oxygen atoms in total. The maximum absolute atomic E-state index is 12.1. The van der Waals surface area contributed by atoms with E-state index >= 15 is 0 Å². The van der Waals surface area contributed by atoms with Crippen LogP contribution in [0.15, 0.2) is 11.3 Å². The van der Waals surface area contributed by atoms with Crippen LogP contribution < -0.4 is 0 Å². The van der Waals surface area contributed by atoms with Crippen molar-refractivity contribution in [3.05, 3.63) is 11.3 Å². The summed E-state index contributed by atoms with van der Waals surface area (Å²) in [5.41, 5.74) is -0.157. The number of carboxylic acid groups (broad SMARTS) is 1. The molecule has 0 unspecified atom stereocenters. The van der Waals surface area contributed by atoms with Gasteiger partial charge in [-0.05, 0) is 19.8 Å². The number of aliphatic hydroxyl groups excluding tert-OH is 1. The zero-order valence-corrected chi connectivity index (χ0v) is 11.9. The molecule has 20 heavy (non-hydrogen) atoms. The van der Waals surface area contributed by atoms with Gasteiger partial charge in [0.1, 0.15) is 11.3 Å². The van der Waals surface area contributed by atoms with E-state index in [1.54, 1.807) is 6.92 Å². The van der Waals surface area contributed by atoms with Gasteiger partial charge in [-0.1, -0.05) is 13.3 Å². The van der Waals surface area contributed by atoms with E-state index in [1.807, 2.05) is 6.92 Å². The van der Waals surface area contributed by atoms with Crippen LogP contribution in [0.2, 0.25) is 0 Å². The summed E-state index contributed by atoms with van der Waals surface area (Å²) in [6.07, 6.45) is 1.67. The zero-order valence-electron chi connectivity index (χ0n) is 11.9. The quantitative estimate of drug-likeness (QED) is 0.660. The van der Waals surface area contributed by atoms with Crippen molar-refractivity contribution in [3.63, 3.8) is 0 Å². The molecule has 0 spiro atoms. The van der Waals surface area contributed by atoms with E-state index in [2.05, 4.69) is 0 Å². The molecular formula is C14H21NO5. The van der Waals surface area contributed by atoms with Gasteiger partial charge in [-0.25, -0.2) is 0 Å². The number of rotatable bonds is 8. The Bertz CT molecular complexity index is 441. The third-order valence-corrected chi connectivity index (χ3v) is 3.43. The van der Waals surface area contributed by atoms with Crippen molar-refractivity contribution < 1.29 is 24.6 Å². The van der Waals surface area contributed by atoms with Crippen molar-refractivity contribution in [1.29, 1.82) is 0 Å². The van der Waals surface area contributed by atoms with E-state index < -0.39 is 17.9 Å². The van der Waals surface area contributed by atoms with Crippen LogP contribution in [0, 0.1) is 0 Å². The molecule has 0 fully saturated rings. The standard InChI is InChI=1S/C14H21NO5/c1-3-5-6-10(16)12-13(19)9(7-8-11(17)18)15(4-2)14(12)20/h9,19H,3-8H2,1-2H3,(H,17,18)/t9-/m0/s1. The van der Waals surface area contributed by atoms with Gasteiger partial charge in [0.25, 0.3) is 5.91 Å². The van der Waals surface area contributed by atoms with E-state index in [4.69, 9.17) is 5.11 Å². The topological polar surface area (TPSA) is 94.9 Å². The first kappa shape index (κ1) is 16.2. The van der Waals surface area contributed by atoms with Crippen molar-refractivity contribution >= 4 is 17.7 Å². The smallest absolute Gasteiger partial charge is 0.303 e. The van der Waals surface area contributed by atoms with E-state index in [0.29, 0.717) is 13.0 Å². The maximum atomic E-state index is 12.1. The minimum absolute atomic E-state index is 0.116. The Labute approximate surface area is 118 Å². The summed E-state index contributed by atoms with van der Waals surface area (Å²) in [6, 6.07) is -0.691. The second kappa shape index (κ2) is 7.07. The number of carbonyl (C=O) groups is 3. The predicted molar refractivity (Wildman–Crippen MR) is 72.2 cm³/mol. The predicted octanol–water partition coefficient (Wildman–Crippen LogP) is 1.65. The van der Waals surface area contributed by atoms with E-state index in [0.717, 1.165) is 6.42 Å². The monoisotopic (exact) mass is 283 g/mol. The van der Waals surface area contributed by atoms with Crippen molar-refractivity contribution in [3.8, 4) is 0 Å². The summed E-state index contributed by atoms with van der Waals surface area (Å²) in [6.45, 7) is 4.00. The number of hydrogen-bond acceptors (Lipinski definition) is 4. The number of likely N-dealkylation sites (N-methyl/N-ethyl adjacent to an activating group) is 1. The second-order valence-corrected chi connectivity index (χ2v) is 4.83. The Balaban J connectivity index is 2.93. The van der Waals surface area contributed by atoms with Gasteiger partial charge in [-0.2, -0.15) is 0 Å². The van der Waals surface area contributed by atoms with E-state index in [-0.39, 0.29) is 36.4 Å². The highest BCUT2D eigenvalue weighted by Crippen LogP contribution is 2.28. The molecule has 0 saturated heterocycles. The highest BCUT2D eigenvalue weighted by Gasteiger charge is 2.41. The van der Waals surface area contributed by atoms with Gasteiger partial charge in [0.2, 0.25) is 0 Å². The van der Waals surface area contributed by atoms with Gasteiger partial charge in [-0.15, -0.1) is 0 Å². The third-order valence-electron chi connectivity index (χ3n) is 3.43. The molecule has 0 aromatic carbocycles. The van der Waals surface area contributed by atoms with Gasteiger partial charge in [0.05, 0.1) is 6.04 Å². The van der Waals surface area contributed by atoms with Crippen LogP contribution in [0.5, 0.6) is 0 Å². The van der Waals surface area contributed by atoms with Gasteiger partial charge >= 0.3 is 5.97 Å². The Morgan fingerprint density at radius 1 is 1.25 bits per heavy atom. The fourth-order valence-corrected chi connectivity index (χ4v) is 2.35. The summed E-state index contributed by atoms with van der Waals surface area (Å²) in [4.78, 5) is 36.1. The third kappa shape index (κ3) is 3.37. The number of hydrogen-bond donors (Lipinski definition) is 2. The number of nitrogens with zero attached hydrogens (tertiary/aromatic N) is 1. The first-order valence-corrected chi connectivity index (χ1v) is 6.93. The number of carbonyl (C=O) groups excluding carboxylic acids is 2. The van der Waals surface area contributed by atoms with Crippen molar-refractivity contribution in [2.75, 3.05) is 6.54 Å². The molecule has 0 aromatic heterocycles. The van der Waals surface area contributed by atoms with Crippen LogP contribution in [0.1, 0.15) is 46.0 Å². The number of Topliss-reactive ketones (excluding diaryl/α,β-unsaturated/α-hetero) is 1. The second-order valence-electron chi connectivity index (χ2n) is 4.83. The summed E-state index contributed by atoms with van der Waals surface area (Å²) in [7, 11) is 0. The van der Waals surface area contributed by atoms with Gasteiger partial charge in [0.15, 0.2) is 5.78 Å². The molecule has 1 amide bonds. The molecule has 1 aliphatic rings. The molecule has 0 aliphatic carbocycles. The summed E-state index contributed by atoms with van der Waals surface area (Å²) < 4.78 is 0. The minimum Gasteiger partial charge on any atom is -0.509 e. The van der Waals surface area contributed by atoms with Crippen molar-refractivity contribution in [2.45, 2.75) is 52.0 Å². The minimum atomic E-state index is -0.993. The number of ketones is 1. The first-order chi connectivity index (χ1) is 9.43. The lowest BCUT2D eigenvalue weighted by molar-refractivity contribution is -0.138. The van der Waals surface area contributed by atoms with Gasteiger partial charge < -0.3 is 15.1 Å². The molecule has 1 rings (SSSR count). The van der Waals surface area contributed by atoms with Gasteiger partial charge in [0, 0.05) is 19.4 Å². The van der Waals surface area contributed by atoms with Gasteiger partial charge in [-0.3, -0.25) is 14.4 Å². The Morgan fingerprint density at radius 2 is 1.90 bits per heavy atom. The van der Waals surface area contributed by atoms with Crippen LogP contribution in [0.3, 0.4) is 0 Å². The average Bonchev–Trinajstić information content (AvgIpc) is 2.64. The van der Waals surface area contributed by atoms with E-state index in [1.165, 1.54) is 4.90 Å². The number of aliphatic carboxylic acids is 1. The lowest BCUT2D eigenvalue weighted by Gasteiger charge is -2.23. The largest absolute Gasteiger partial charge is 0.509 e. The first-order valence-electron chi connectivity index (χ1n) is 6.93. The highest BCUT2D eigenvalue weighted by molar-refractivity contribution is 6.21. The maximum Gasteiger partial charge on any atom is 0.303 e. The molecule has 1 heterocycles. The Kier molecular flexibility index (Phi) is 5.73. The number of aliphatic hydroxyl groups is 1. The summed E-state index contributed by atoms with van der Waals surface area (Å²) in [5, 5.41) is 18.8. The molecule has 2 N–H and O–H groups in total. The van der Waals surface area contributed by atoms with Crippen molar-refractivity contribution in [1.82, 2.24) is 4.90 Å². The SMILES string of the molecule is CCCCC(=O)C1=C(O)[C@H](CCC(=O)O)N(CC)C1=O. The number of amides is 1. The molecule has 112 valence electrons. The molecule has 0 radical (unpaired) electrons. The van der Waals surface area contributed by atoms with Crippen LogP contribution in [0.25, 0.3) is 0 Å². The molecule has 0 bridgehead atoms. The Morgan fingerprint density at radius 3 is 2.40 bits per heavy atom. The average molecular weight is 283 g/mol. The fraction of sp³-hybridized carbons (Fsp3) is 0.643. The molecular weight excluding hydrogens is 262 g/mol. The molecule has 1 atom stereocenters. The molecule has 0 aromatic rings. The molecule has 0 saturated carbocycles. The summed E-state index contributed by atoms with van der Waals surface area (Å²) in [5.74, 6) is -2.10. The highest BCUT2D eigenvalue weighted by atomic mass is 16.4. The lowest BCUT2D eigenvalue weighted by atomic mass is 10.0. The van der Waals surface area contributed by atoms with Crippen LogP contribution >= 0.6 is 0 Å². The molecule has 1 aliphatic heterocycles. The number of unbranched alkanes of at least 4 members (excludes halogenated alkanes) is 1. The van der Waals surface area contributed by atoms with E-state index in [9.17, 15) is 19.5 Å². The number of carboxylic acids is 1. The van der Waals surface area contributed by atoms with Crippen LogP contribution in [-0.4, -0.2) is 45.4 Å². The lowest BCUT2D eigenvalue weighted by Crippen LogP contribution is -2.36. The fourth-order valence-electron chi connectivity index (χ4n) is 2.35. The Hall–Kier alpha value is -1.85. The zero-order chi connectivity index (χ0) is 15.3. The van der Waals surface area contributed by atoms with Crippen LogP contribution in [-0.2, 0) is 14.4 Å². The van der Waals surface area contributed by atoms with Crippen molar-refractivity contribution in [2.24, 2.45) is 0 Å². The summed E-state index contributed by atoms with van der Waals surface area (Å²) >= 11 is 0. The molecule has 6 heteroatoms. The normalized spacial score (nSPS) is 18.8. The van der Waals surface area contributed by atoms with Crippen LogP contribution in [0.4, 0.5) is 0 Å².